The highest BCUT2D eigenvalue weighted by atomic mass is 79.9. The fraction of sp³-hybridized carbons (Fsp3) is 0.0714. The van der Waals surface area contributed by atoms with Gasteiger partial charge in [0.05, 0.1) is 11.4 Å². The third-order valence-corrected chi connectivity index (χ3v) is 3.41. The van der Waals surface area contributed by atoms with Gasteiger partial charge in [-0.25, -0.2) is 0 Å². The third-order valence-electron chi connectivity index (χ3n) is 2.92. The Morgan fingerprint density at radius 3 is 2.78 bits per heavy atom. The van der Waals surface area contributed by atoms with Gasteiger partial charge in [-0.2, -0.15) is 0 Å². The van der Waals surface area contributed by atoms with E-state index in [1.807, 2.05) is 24.4 Å². The number of benzene rings is 1. The number of halogens is 1. The Balaban J connectivity index is 2.07. The van der Waals surface area contributed by atoms with Gasteiger partial charge < -0.3 is 10.7 Å². The number of rotatable bonds is 2. The molecule has 0 aliphatic carbocycles. The zero-order valence-corrected chi connectivity index (χ0v) is 11.2. The molecule has 3 N–H and O–H groups in total. The van der Waals surface area contributed by atoms with Crippen LogP contribution in [0.3, 0.4) is 0 Å². The number of aromatic nitrogens is 2. The molecule has 0 saturated heterocycles. The lowest BCUT2D eigenvalue weighted by molar-refractivity contribution is 1.05. The summed E-state index contributed by atoms with van der Waals surface area (Å²) in [5.74, 6) is 0. The molecule has 0 radical (unpaired) electrons. The van der Waals surface area contributed by atoms with E-state index in [1.54, 1.807) is 0 Å². The first-order chi connectivity index (χ1) is 8.76. The van der Waals surface area contributed by atoms with Crippen LogP contribution < -0.4 is 5.73 Å². The van der Waals surface area contributed by atoms with E-state index in [2.05, 4.69) is 44.1 Å². The van der Waals surface area contributed by atoms with Crippen molar-refractivity contribution in [3.05, 3.63) is 52.6 Å². The van der Waals surface area contributed by atoms with E-state index in [-0.39, 0.29) is 0 Å². The molecule has 0 fully saturated rings. The second-order valence-corrected chi connectivity index (χ2v) is 5.09. The molecule has 0 spiro atoms. The van der Waals surface area contributed by atoms with Crippen molar-refractivity contribution in [3.8, 4) is 11.4 Å². The first kappa shape index (κ1) is 11.4. The summed E-state index contributed by atoms with van der Waals surface area (Å²) in [7, 11) is 0. The molecule has 90 valence electrons. The van der Waals surface area contributed by atoms with E-state index in [0.717, 1.165) is 26.9 Å². The predicted molar refractivity (Wildman–Crippen MR) is 77.1 cm³/mol. The van der Waals surface area contributed by atoms with Gasteiger partial charge in [0.2, 0.25) is 0 Å². The van der Waals surface area contributed by atoms with Crippen LogP contribution in [0.1, 0.15) is 5.56 Å². The Bertz CT molecular complexity index is 686. The molecule has 0 saturated carbocycles. The zero-order chi connectivity index (χ0) is 12.5. The largest absolute Gasteiger partial charge is 0.353 e. The number of aromatic amines is 1. The molecule has 0 atom stereocenters. The number of fused-ring (bicyclic) bond motifs is 1. The lowest BCUT2D eigenvalue weighted by atomic mass is 10.2. The van der Waals surface area contributed by atoms with Crippen molar-refractivity contribution in [2.75, 3.05) is 0 Å². The summed E-state index contributed by atoms with van der Waals surface area (Å²) in [5, 5.41) is 1.17. The zero-order valence-electron chi connectivity index (χ0n) is 9.65. The third kappa shape index (κ3) is 2.05. The molecule has 0 aliphatic heterocycles. The Morgan fingerprint density at radius 2 is 2.06 bits per heavy atom. The molecule has 4 heteroatoms. The first-order valence-electron chi connectivity index (χ1n) is 5.70. The predicted octanol–water partition coefficient (Wildman–Crippen LogP) is 3.45. The van der Waals surface area contributed by atoms with E-state index in [9.17, 15) is 0 Å². The van der Waals surface area contributed by atoms with Crippen LogP contribution in [0.4, 0.5) is 0 Å². The van der Waals surface area contributed by atoms with Crippen LogP contribution in [0.2, 0.25) is 0 Å². The maximum Gasteiger partial charge on any atom is 0.0864 e. The van der Waals surface area contributed by atoms with Gasteiger partial charge in [0.15, 0.2) is 0 Å². The van der Waals surface area contributed by atoms with Gasteiger partial charge in [-0.3, -0.25) is 4.98 Å². The average molecular weight is 302 g/mol. The van der Waals surface area contributed by atoms with Crippen LogP contribution in [0.25, 0.3) is 22.3 Å². The van der Waals surface area contributed by atoms with Crippen molar-refractivity contribution in [2.45, 2.75) is 6.54 Å². The van der Waals surface area contributed by atoms with Crippen LogP contribution in [0.15, 0.2) is 47.1 Å². The minimum absolute atomic E-state index is 0.521. The van der Waals surface area contributed by atoms with E-state index in [0.29, 0.717) is 6.54 Å². The highest BCUT2D eigenvalue weighted by molar-refractivity contribution is 9.10. The number of nitrogens with two attached hydrogens (primary N) is 1. The summed E-state index contributed by atoms with van der Waals surface area (Å²) in [4.78, 5) is 7.78. The van der Waals surface area contributed by atoms with Gasteiger partial charge in [-0.05, 0) is 35.9 Å². The molecule has 2 heterocycles. The van der Waals surface area contributed by atoms with Gasteiger partial charge in [0.25, 0.3) is 0 Å². The Kier molecular flexibility index (Phi) is 2.89. The number of hydrogen-bond acceptors (Lipinski definition) is 2. The lowest BCUT2D eigenvalue weighted by Gasteiger charge is -1.98. The Labute approximate surface area is 113 Å². The molecular formula is C14H12BrN3. The lowest BCUT2D eigenvalue weighted by Crippen LogP contribution is -1.96. The summed E-state index contributed by atoms with van der Waals surface area (Å²) in [6.45, 7) is 0.521. The SMILES string of the molecule is NCc1ccc(-c2cc3cc(Br)ccc3[nH]2)nc1. The highest BCUT2D eigenvalue weighted by Gasteiger charge is 2.04. The Morgan fingerprint density at radius 1 is 1.17 bits per heavy atom. The molecule has 0 unspecified atom stereocenters. The minimum atomic E-state index is 0.521. The standard InChI is InChI=1S/C14H12BrN3/c15-11-2-4-12-10(5-11)6-14(18-12)13-3-1-9(7-16)8-17-13/h1-6,8,18H,7,16H2. The number of nitrogens with one attached hydrogen (secondary N) is 1. The fourth-order valence-electron chi connectivity index (χ4n) is 1.95. The monoisotopic (exact) mass is 301 g/mol. The van der Waals surface area contributed by atoms with Crippen molar-refractivity contribution in [3.63, 3.8) is 0 Å². The van der Waals surface area contributed by atoms with E-state index < -0.39 is 0 Å². The second-order valence-electron chi connectivity index (χ2n) is 4.17. The number of H-pyrrole nitrogens is 1. The molecular weight excluding hydrogens is 290 g/mol. The summed E-state index contributed by atoms with van der Waals surface area (Å²) >= 11 is 3.47. The first-order valence-corrected chi connectivity index (χ1v) is 6.49. The van der Waals surface area contributed by atoms with Crippen molar-refractivity contribution in [2.24, 2.45) is 5.73 Å². The van der Waals surface area contributed by atoms with Crippen LogP contribution in [0, 0.1) is 0 Å². The van der Waals surface area contributed by atoms with Gasteiger partial charge in [-0.15, -0.1) is 0 Å². The summed E-state index contributed by atoms with van der Waals surface area (Å²) < 4.78 is 1.08. The van der Waals surface area contributed by atoms with Crippen molar-refractivity contribution in [1.29, 1.82) is 0 Å². The summed E-state index contributed by atoms with van der Waals surface area (Å²) in [6.07, 6.45) is 1.82. The van der Waals surface area contributed by atoms with Crippen LogP contribution in [-0.2, 0) is 6.54 Å². The second kappa shape index (κ2) is 4.55. The van der Waals surface area contributed by atoms with E-state index >= 15 is 0 Å². The van der Waals surface area contributed by atoms with Gasteiger partial charge in [0.1, 0.15) is 0 Å². The van der Waals surface area contributed by atoms with E-state index in [4.69, 9.17) is 5.73 Å². The number of nitrogens with zero attached hydrogens (tertiary/aromatic N) is 1. The molecule has 3 nitrogen and oxygen atoms in total. The van der Waals surface area contributed by atoms with Gasteiger partial charge in [-0.1, -0.05) is 22.0 Å². The molecule has 18 heavy (non-hydrogen) atoms. The molecule has 3 aromatic rings. The fourth-order valence-corrected chi connectivity index (χ4v) is 2.32. The van der Waals surface area contributed by atoms with Gasteiger partial charge in [0, 0.05) is 28.1 Å². The van der Waals surface area contributed by atoms with Crippen molar-refractivity contribution in [1.82, 2.24) is 9.97 Å². The highest BCUT2D eigenvalue weighted by Crippen LogP contribution is 2.25. The average Bonchev–Trinajstić information content (AvgIpc) is 2.81. The van der Waals surface area contributed by atoms with Crippen LogP contribution in [-0.4, -0.2) is 9.97 Å². The summed E-state index contributed by atoms with van der Waals surface area (Å²) in [6, 6.07) is 12.3. The summed E-state index contributed by atoms with van der Waals surface area (Å²) in [5.41, 5.74) is 9.66. The number of hydrogen-bond donors (Lipinski definition) is 2. The molecule has 0 bridgehead atoms. The molecule has 0 amide bonds. The molecule has 3 rings (SSSR count). The quantitative estimate of drug-likeness (QED) is 0.762. The van der Waals surface area contributed by atoms with Crippen molar-refractivity contribution < 1.29 is 0 Å². The Hall–Kier alpha value is -1.65. The molecule has 1 aromatic carbocycles. The smallest absolute Gasteiger partial charge is 0.0864 e. The van der Waals surface area contributed by atoms with Crippen LogP contribution >= 0.6 is 15.9 Å². The van der Waals surface area contributed by atoms with E-state index in [1.165, 1.54) is 5.39 Å². The molecule has 0 aliphatic rings. The maximum absolute atomic E-state index is 5.56. The normalized spacial score (nSPS) is 11.0. The minimum Gasteiger partial charge on any atom is -0.353 e. The maximum atomic E-state index is 5.56. The van der Waals surface area contributed by atoms with Crippen molar-refractivity contribution >= 4 is 26.8 Å². The van der Waals surface area contributed by atoms with Gasteiger partial charge >= 0.3 is 0 Å². The van der Waals surface area contributed by atoms with Crippen LogP contribution in [0.5, 0.6) is 0 Å². The molecule has 2 aromatic heterocycles. The topological polar surface area (TPSA) is 54.7 Å². The number of pyridine rings is 1.